The molecule has 0 saturated carbocycles. The molecule has 0 fully saturated rings. The van der Waals surface area contributed by atoms with Gasteiger partial charge in [0, 0.05) is 17.0 Å². The van der Waals surface area contributed by atoms with Crippen LogP contribution in [-0.4, -0.2) is 24.7 Å². The van der Waals surface area contributed by atoms with Crippen LogP contribution in [0.5, 0.6) is 0 Å². The summed E-state index contributed by atoms with van der Waals surface area (Å²) in [7, 11) is 0. The molecular formula is C15H14N2O4S. The van der Waals surface area contributed by atoms with E-state index >= 15 is 0 Å². The fraction of sp³-hybridized carbons (Fsp3) is 0.133. The minimum absolute atomic E-state index is 0.167. The van der Waals surface area contributed by atoms with Crippen LogP contribution in [0, 0.1) is 5.21 Å². The highest BCUT2D eigenvalue weighted by Gasteiger charge is 2.18. The van der Waals surface area contributed by atoms with Crippen LogP contribution in [0.15, 0.2) is 53.6 Å². The van der Waals surface area contributed by atoms with Gasteiger partial charge in [0.15, 0.2) is 12.8 Å². The molecule has 2 aromatic rings. The second kappa shape index (κ2) is 7.46. The summed E-state index contributed by atoms with van der Waals surface area (Å²) in [4.78, 5) is 24.4. The highest BCUT2D eigenvalue weighted by molar-refractivity contribution is 7.98. The predicted molar refractivity (Wildman–Crippen MR) is 82.5 cm³/mol. The Balaban J connectivity index is 1.93. The van der Waals surface area contributed by atoms with E-state index in [0.29, 0.717) is 10.4 Å². The lowest BCUT2D eigenvalue weighted by molar-refractivity contribution is -0.608. The number of pyridine rings is 1. The van der Waals surface area contributed by atoms with Gasteiger partial charge in [-0.05, 0) is 24.5 Å². The number of rotatable bonds is 5. The SMILES string of the molecule is CSc1ccccc1NC(=O)COC(=O)c1cccc[n+]1[O-]. The molecule has 0 spiro atoms. The van der Waals surface area contributed by atoms with Gasteiger partial charge in [0.25, 0.3) is 5.91 Å². The number of hydrogen-bond acceptors (Lipinski definition) is 5. The number of para-hydroxylation sites is 1. The number of hydrogen-bond donors (Lipinski definition) is 1. The highest BCUT2D eigenvalue weighted by Crippen LogP contribution is 2.24. The molecule has 2 rings (SSSR count). The van der Waals surface area contributed by atoms with Gasteiger partial charge in [0.1, 0.15) is 0 Å². The van der Waals surface area contributed by atoms with Gasteiger partial charge >= 0.3 is 11.7 Å². The molecule has 0 bridgehead atoms. The van der Waals surface area contributed by atoms with E-state index in [2.05, 4.69) is 5.32 Å². The second-order valence-corrected chi connectivity index (χ2v) is 5.08. The first kappa shape index (κ1) is 15.8. The molecule has 7 heteroatoms. The molecule has 1 amide bonds. The Morgan fingerprint density at radius 2 is 1.95 bits per heavy atom. The van der Waals surface area contributed by atoms with Crippen LogP contribution >= 0.6 is 11.8 Å². The van der Waals surface area contributed by atoms with Crippen molar-refractivity contribution in [1.29, 1.82) is 0 Å². The van der Waals surface area contributed by atoms with Crippen LogP contribution in [0.4, 0.5) is 5.69 Å². The summed E-state index contributed by atoms with van der Waals surface area (Å²) in [6.45, 7) is -0.462. The summed E-state index contributed by atoms with van der Waals surface area (Å²) in [5, 5.41) is 14.1. The quantitative estimate of drug-likeness (QED) is 0.394. The van der Waals surface area contributed by atoms with Gasteiger partial charge in [-0.2, -0.15) is 4.73 Å². The summed E-state index contributed by atoms with van der Waals surface area (Å²) >= 11 is 1.49. The van der Waals surface area contributed by atoms with E-state index < -0.39 is 18.5 Å². The molecule has 0 saturated heterocycles. The number of amides is 1. The minimum atomic E-state index is -0.844. The Hall–Kier alpha value is -2.54. The topological polar surface area (TPSA) is 82.3 Å². The largest absolute Gasteiger partial charge is 0.618 e. The van der Waals surface area contributed by atoms with Gasteiger partial charge < -0.3 is 15.3 Å². The maximum Gasteiger partial charge on any atom is 0.405 e. The van der Waals surface area contributed by atoms with Gasteiger partial charge in [-0.1, -0.05) is 12.1 Å². The molecule has 0 aliphatic heterocycles. The lowest BCUT2D eigenvalue weighted by atomic mass is 10.3. The zero-order valence-corrected chi connectivity index (χ0v) is 12.6. The van der Waals surface area contributed by atoms with E-state index in [-0.39, 0.29) is 5.69 Å². The average molecular weight is 318 g/mol. The smallest absolute Gasteiger partial charge is 0.405 e. The van der Waals surface area contributed by atoms with Crippen molar-refractivity contribution in [3.63, 3.8) is 0 Å². The van der Waals surface area contributed by atoms with Gasteiger partial charge in [0.05, 0.1) is 5.69 Å². The molecular weight excluding hydrogens is 304 g/mol. The number of nitrogens with one attached hydrogen (secondary N) is 1. The molecule has 0 radical (unpaired) electrons. The van der Waals surface area contributed by atoms with Gasteiger partial charge in [-0.15, -0.1) is 11.8 Å². The zero-order valence-electron chi connectivity index (χ0n) is 11.8. The Morgan fingerprint density at radius 1 is 1.23 bits per heavy atom. The highest BCUT2D eigenvalue weighted by atomic mass is 32.2. The van der Waals surface area contributed by atoms with Gasteiger partial charge in [-0.25, -0.2) is 4.79 Å². The summed E-state index contributed by atoms with van der Waals surface area (Å²) in [5.41, 5.74) is 0.481. The molecule has 1 heterocycles. The molecule has 22 heavy (non-hydrogen) atoms. The van der Waals surface area contributed by atoms with E-state index in [1.165, 1.54) is 30.1 Å². The first-order chi connectivity index (χ1) is 10.6. The molecule has 114 valence electrons. The number of benzene rings is 1. The Bertz CT molecular complexity index is 691. The van der Waals surface area contributed by atoms with Crippen LogP contribution in [0.2, 0.25) is 0 Å². The Labute approximate surface area is 131 Å². The second-order valence-electron chi connectivity index (χ2n) is 4.24. The minimum Gasteiger partial charge on any atom is -0.618 e. The average Bonchev–Trinajstić information content (AvgIpc) is 2.53. The van der Waals surface area contributed by atoms with Crippen molar-refractivity contribution >= 4 is 29.3 Å². The summed E-state index contributed by atoms with van der Waals surface area (Å²) in [6.07, 6.45) is 3.08. The number of carbonyl (C=O) groups excluding carboxylic acids is 2. The third-order valence-electron chi connectivity index (χ3n) is 2.75. The van der Waals surface area contributed by atoms with Crippen LogP contribution in [0.25, 0.3) is 0 Å². The van der Waals surface area contributed by atoms with Crippen LogP contribution < -0.4 is 10.0 Å². The van der Waals surface area contributed by atoms with E-state index in [0.717, 1.165) is 4.90 Å². The number of aromatic nitrogens is 1. The lowest BCUT2D eigenvalue weighted by Crippen LogP contribution is -2.35. The van der Waals surface area contributed by atoms with Gasteiger partial charge in [0.2, 0.25) is 0 Å². The maximum absolute atomic E-state index is 11.8. The molecule has 1 aromatic carbocycles. The summed E-state index contributed by atoms with van der Waals surface area (Å²) in [5.74, 6) is -1.31. The number of thioether (sulfide) groups is 1. The van der Waals surface area contributed by atoms with Crippen molar-refractivity contribution in [1.82, 2.24) is 0 Å². The summed E-state index contributed by atoms with van der Waals surface area (Å²) in [6, 6.07) is 11.7. The Morgan fingerprint density at radius 3 is 2.68 bits per heavy atom. The first-order valence-corrected chi connectivity index (χ1v) is 7.62. The Kier molecular flexibility index (Phi) is 5.37. The van der Waals surface area contributed by atoms with Crippen molar-refractivity contribution in [2.45, 2.75) is 4.90 Å². The molecule has 6 nitrogen and oxygen atoms in total. The number of ether oxygens (including phenoxy) is 1. The first-order valence-electron chi connectivity index (χ1n) is 6.40. The van der Waals surface area contributed by atoms with Crippen molar-refractivity contribution in [2.24, 2.45) is 0 Å². The van der Waals surface area contributed by atoms with Gasteiger partial charge in [-0.3, -0.25) is 4.79 Å². The van der Waals surface area contributed by atoms with E-state index in [1.54, 1.807) is 18.2 Å². The van der Waals surface area contributed by atoms with Crippen LogP contribution in [-0.2, 0) is 9.53 Å². The third kappa shape index (κ3) is 3.98. The number of anilines is 1. The van der Waals surface area contributed by atoms with E-state index in [1.807, 2.05) is 18.4 Å². The standard InChI is InChI=1S/C15H14N2O4S/c1-22-13-8-3-2-6-11(13)16-14(18)10-21-15(19)12-7-4-5-9-17(12)20/h2-9H,10H2,1H3,(H,16,18). The molecule has 1 N–H and O–H groups in total. The number of nitrogens with zero attached hydrogens (tertiary/aromatic N) is 1. The molecule has 0 unspecified atom stereocenters. The van der Waals surface area contributed by atoms with E-state index in [4.69, 9.17) is 4.74 Å². The molecule has 0 atom stereocenters. The van der Waals surface area contributed by atoms with Crippen molar-refractivity contribution < 1.29 is 19.1 Å². The van der Waals surface area contributed by atoms with Crippen LogP contribution in [0.1, 0.15) is 10.5 Å². The normalized spacial score (nSPS) is 10.0. The number of carbonyl (C=O) groups is 2. The third-order valence-corrected chi connectivity index (χ3v) is 3.54. The number of esters is 1. The maximum atomic E-state index is 11.8. The monoisotopic (exact) mass is 318 g/mol. The molecule has 0 aliphatic carbocycles. The van der Waals surface area contributed by atoms with Crippen LogP contribution in [0.3, 0.4) is 0 Å². The molecule has 0 aliphatic rings. The van der Waals surface area contributed by atoms with Crippen molar-refractivity contribution in [3.05, 3.63) is 59.6 Å². The zero-order chi connectivity index (χ0) is 15.9. The summed E-state index contributed by atoms with van der Waals surface area (Å²) < 4.78 is 5.23. The van der Waals surface area contributed by atoms with Crippen molar-refractivity contribution in [3.8, 4) is 0 Å². The van der Waals surface area contributed by atoms with Crippen molar-refractivity contribution in [2.75, 3.05) is 18.2 Å². The fourth-order valence-corrected chi connectivity index (χ4v) is 2.28. The lowest BCUT2D eigenvalue weighted by Gasteiger charge is -2.09. The predicted octanol–water partition coefficient (Wildman–Crippen LogP) is 1.84. The fourth-order valence-electron chi connectivity index (χ4n) is 1.73. The van der Waals surface area contributed by atoms with E-state index in [9.17, 15) is 14.8 Å². The molecule has 1 aromatic heterocycles.